The second-order valence-electron chi connectivity index (χ2n) is 16.7. The quantitative estimate of drug-likeness (QED) is 0.0275. The Bertz CT molecular complexity index is 4240. The maximum Gasteiger partial charge on any atom is 0.296 e. The lowest BCUT2D eigenvalue weighted by molar-refractivity contribution is 0.481. The van der Waals surface area contributed by atoms with Gasteiger partial charge in [0.25, 0.3) is 50.6 Å². The molecule has 7 aromatic carbocycles. The number of anilines is 6. The van der Waals surface area contributed by atoms with Crippen LogP contribution in [0.5, 0.6) is 0 Å². The van der Waals surface area contributed by atoms with Gasteiger partial charge in [0.15, 0.2) is 0 Å². The minimum Gasteiger partial charge on any atom is -0.324 e. The molecule has 0 radical (unpaired) electrons. The van der Waals surface area contributed by atoms with Gasteiger partial charge >= 0.3 is 0 Å². The number of aromatic nitrogens is 3. The van der Waals surface area contributed by atoms with Gasteiger partial charge in [-0.3, -0.25) is 22.8 Å². The lowest BCUT2D eigenvalue weighted by atomic mass is 10.2. The van der Waals surface area contributed by atoms with Gasteiger partial charge in [0, 0.05) is 17.1 Å². The summed E-state index contributed by atoms with van der Waals surface area (Å²) in [5, 5.41) is 41.3. The Kier molecular flexibility index (Phi) is 16.7. The molecule has 0 atom stereocenters. The molecule has 0 saturated carbocycles. The molecule has 0 fully saturated rings. The first-order valence-corrected chi connectivity index (χ1v) is 29.6. The van der Waals surface area contributed by atoms with Crippen LogP contribution in [0.25, 0.3) is 0 Å². The van der Waals surface area contributed by atoms with Crippen molar-refractivity contribution in [2.45, 2.75) is 38.3 Å². The zero-order valence-corrected chi connectivity index (χ0v) is 45.2. The molecule has 0 spiro atoms. The van der Waals surface area contributed by atoms with E-state index in [4.69, 9.17) is 0 Å². The first-order chi connectivity index (χ1) is 38.0. The van der Waals surface area contributed by atoms with Crippen LogP contribution in [0.1, 0.15) is 11.1 Å². The zero-order valence-electron chi connectivity index (χ0n) is 41.1. The summed E-state index contributed by atoms with van der Waals surface area (Å²) in [5.41, 5.74) is 2.48. The average Bonchev–Trinajstić information content (AvgIpc) is 3.42. The van der Waals surface area contributed by atoms with Crippen LogP contribution in [-0.4, -0.2) is 79.8 Å². The largest absolute Gasteiger partial charge is 0.324 e. The Morgan fingerprint density at radius 3 is 0.901 bits per heavy atom. The lowest BCUT2D eigenvalue weighted by Gasteiger charge is -2.13. The van der Waals surface area contributed by atoms with Gasteiger partial charge in [0.05, 0.1) is 48.8 Å². The van der Waals surface area contributed by atoms with Gasteiger partial charge in [-0.1, -0.05) is 0 Å². The number of azo groups is 4. The first-order valence-electron chi connectivity index (χ1n) is 22.4. The third kappa shape index (κ3) is 15.6. The molecule has 0 amide bonds. The molecule has 0 aliphatic heterocycles. The van der Waals surface area contributed by atoms with Crippen LogP contribution in [0.3, 0.4) is 0 Å². The lowest BCUT2D eigenvalue weighted by Crippen LogP contribution is -2.07. The molecule has 1 heterocycles. The number of benzene rings is 7. The van der Waals surface area contributed by atoms with E-state index in [0.29, 0.717) is 28.2 Å². The van der Waals surface area contributed by atoms with Crippen molar-refractivity contribution >= 4 is 131 Å². The van der Waals surface area contributed by atoms with Crippen LogP contribution in [0.2, 0.25) is 0 Å². The number of rotatable bonds is 19. The smallest absolute Gasteiger partial charge is 0.296 e. The molecule has 0 aliphatic rings. The van der Waals surface area contributed by atoms with E-state index in [1.165, 1.54) is 72.8 Å². The van der Waals surface area contributed by atoms with Gasteiger partial charge in [-0.15, -0.1) is 10.2 Å². The Hall–Kier alpha value is -9.10. The van der Waals surface area contributed by atoms with E-state index >= 15 is 0 Å². The highest BCUT2D eigenvalue weighted by Crippen LogP contribution is 2.35. The van der Waals surface area contributed by atoms with Gasteiger partial charge in [-0.05, 0) is 171 Å². The van der Waals surface area contributed by atoms with Crippen molar-refractivity contribution < 1.29 is 64.9 Å². The molecular weight excluding hydrogens is 1160 g/mol. The molecule has 29 nitrogen and oxygen atoms in total. The van der Waals surface area contributed by atoms with Gasteiger partial charge < -0.3 is 16.0 Å². The molecule has 0 aliphatic carbocycles. The van der Waals surface area contributed by atoms with Crippen LogP contribution in [-0.2, 0) is 50.6 Å². The summed E-state index contributed by atoms with van der Waals surface area (Å²) in [6.45, 7) is 3.34. The summed E-state index contributed by atoms with van der Waals surface area (Å²) in [5.74, 6) is -0.101. The number of nitrogens with zero attached hydrogens (tertiary/aromatic N) is 11. The Morgan fingerprint density at radius 2 is 0.580 bits per heavy atom. The first kappa shape index (κ1) is 58.1. The molecule has 81 heavy (non-hydrogen) atoms. The number of aryl methyl sites for hydroxylation is 2. The minimum absolute atomic E-state index is 0.0242. The minimum atomic E-state index is -4.88. The molecule has 0 unspecified atom stereocenters. The summed E-state index contributed by atoms with van der Waals surface area (Å²) in [6, 6.07) is 31.0. The van der Waals surface area contributed by atoms with E-state index in [9.17, 15) is 64.9 Å². The molecule has 416 valence electrons. The molecule has 0 saturated heterocycles. The fourth-order valence-corrected chi connectivity index (χ4v) is 9.58. The van der Waals surface area contributed by atoms with Crippen molar-refractivity contribution in [2.24, 2.45) is 40.9 Å². The molecule has 8 aromatic rings. The summed E-state index contributed by atoms with van der Waals surface area (Å²) < 4.78 is 166. The Labute approximate surface area is 460 Å². The monoisotopic (exact) mass is 1200 g/mol. The van der Waals surface area contributed by atoms with Crippen molar-refractivity contribution in [3.05, 3.63) is 157 Å². The third-order valence-corrected chi connectivity index (χ3v) is 15.1. The summed E-state index contributed by atoms with van der Waals surface area (Å²) in [6.07, 6.45) is 0. The van der Waals surface area contributed by atoms with E-state index in [-0.39, 0.29) is 78.0 Å². The SMILES string of the molecule is Cc1cc(Nc2nc(Nc3ccc(S(=O)(=O)O)cc3)nc(Nc3ccc(N=Nc4ccc(N=Nc5ccc(S(=O)(=O)O)cc5)cc4S(=O)(=O)O)c(C)c3)n2)ccc1N=Nc1ccc(N=Nc2ccc(S(=O)(=O)O)cc2)cc1S(=O)(=O)O. The van der Waals surface area contributed by atoms with Gasteiger partial charge in [0.2, 0.25) is 17.8 Å². The van der Waals surface area contributed by atoms with Crippen molar-refractivity contribution in [3.8, 4) is 0 Å². The highest BCUT2D eigenvalue weighted by atomic mass is 32.2. The van der Waals surface area contributed by atoms with E-state index in [1.807, 2.05) is 0 Å². The van der Waals surface area contributed by atoms with Crippen LogP contribution in [0.15, 0.2) is 211 Å². The predicted molar refractivity (Wildman–Crippen MR) is 290 cm³/mol. The number of hydrogen-bond donors (Lipinski definition) is 8. The highest BCUT2D eigenvalue weighted by molar-refractivity contribution is 7.87. The van der Waals surface area contributed by atoms with Crippen LogP contribution in [0, 0.1) is 13.8 Å². The summed E-state index contributed by atoms with van der Waals surface area (Å²) >= 11 is 0. The second-order valence-corrected chi connectivity index (χ2v) is 23.7. The van der Waals surface area contributed by atoms with E-state index in [2.05, 4.69) is 71.8 Å². The van der Waals surface area contributed by atoms with E-state index < -0.39 is 60.4 Å². The highest BCUT2D eigenvalue weighted by Gasteiger charge is 2.20. The normalized spacial score (nSPS) is 12.7. The van der Waals surface area contributed by atoms with Crippen LogP contribution < -0.4 is 16.0 Å². The third-order valence-electron chi connectivity index (χ3n) is 10.8. The fourth-order valence-electron chi connectivity index (χ4n) is 6.86. The number of nitrogens with one attached hydrogen (secondary N) is 3. The molecule has 0 bridgehead atoms. The van der Waals surface area contributed by atoms with Gasteiger partial charge in [-0.25, -0.2) is 0 Å². The summed E-state index contributed by atoms with van der Waals surface area (Å²) in [4.78, 5) is 11.0. The van der Waals surface area contributed by atoms with Crippen molar-refractivity contribution in [2.75, 3.05) is 16.0 Å². The topological polar surface area (TPSA) is 445 Å². The standard InChI is InChI=1S/C47H38N14O15S5/c1-27-23-32(9-19-39(27)58-60-41-21-11-34(25-43(41)80(71,72)73)56-54-30-5-15-37(16-6-30)78(65,66)67)49-46-51-45(48-29-3-13-36(14-4-29)77(62,63)64)52-47(53-46)50-33-10-20-40(28(2)24-33)59-61-42-22-12-35(26-44(42)81(74,75)76)57-55-31-7-17-38(18-8-31)79(68,69)70/h3-26H,1-2H3,(H,62,63,64)(H,65,66,67)(H,68,69,70)(H,71,72,73)(H,74,75,76)(H3,48,49,50,51,52,53). The molecule has 1 aromatic heterocycles. The van der Waals surface area contributed by atoms with E-state index in [0.717, 1.165) is 48.5 Å². The Morgan fingerprint density at radius 1 is 0.309 bits per heavy atom. The molecule has 8 N–H and O–H groups in total. The maximum absolute atomic E-state index is 12.4. The predicted octanol–water partition coefficient (Wildman–Crippen LogP) is 11.6. The molecule has 8 rings (SSSR count). The second kappa shape index (κ2) is 23.3. The fraction of sp³-hybridized carbons (Fsp3) is 0.0426. The van der Waals surface area contributed by atoms with Crippen molar-refractivity contribution in [3.63, 3.8) is 0 Å². The van der Waals surface area contributed by atoms with Crippen LogP contribution >= 0.6 is 0 Å². The Balaban J connectivity index is 1.01. The van der Waals surface area contributed by atoms with Crippen molar-refractivity contribution in [1.82, 2.24) is 15.0 Å². The van der Waals surface area contributed by atoms with Gasteiger partial charge in [0.1, 0.15) is 21.2 Å². The average molecular weight is 1200 g/mol. The molecular formula is C47H38N14O15S5. The molecule has 34 heteroatoms. The van der Waals surface area contributed by atoms with Gasteiger partial charge in [-0.2, -0.15) is 87.7 Å². The van der Waals surface area contributed by atoms with Crippen LogP contribution in [0.4, 0.5) is 80.4 Å². The maximum atomic E-state index is 12.4. The number of hydrogen-bond acceptors (Lipinski definition) is 24. The summed E-state index contributed by atoms with van der Waals surface area (Å²) in [7, 11) is -23.2. The van der Waals surface area contributed by atoms with E-state index in [1.54, 1.807) is 38.1 Å². The van der Waals surface area contributed by atoms with Crippen molar-refractivity contribution in [1.29, 1.82) is 0 Å². The zero-order chi connectivity index (χ0) is 58.5.